The third-order valence-electron chi connectivity index (χ3n) is 1.70. The van der Waals surface area contributed by atoms with Crippen LogP contribution in [0.5, 0.6) is 0 Å². The van der Waals surface area contributed by atoms with E-state index in [4.69, 9.17) is 0 Å². The van der Waals surface area contributed by atoms with E-state index in [0.717, 1.165) is 0 Å². The number of hydrogen-bond donors (Lipinski definition) is 1. The number of alkyl halides is 4. The highest BCUT2D eigenvalue weighted by molar-refractivity contribution is 14.1. The molecule has 0 aliphatic rings. The summed E-state index contributed by atoms with van der Waals surface area (Å²) in [6, 6.07) is -0.686. The average Bonchev–Trinajstić information content (AvgIpc) is 2.21. The highest BCUT2D eigenvalue weighted by Gasteiger charge is 2.39. The molecule has 0 unspecified atom stereocenters. The van der Waals surface area contributed by atoms with Crippen molar-refractivity contribution in [2.75, 3.05) is 11.5 Å². The van der Waals surface area contributed by atoms with Crippen molar-refractivity contribution in [2.45, 2.75) is 25.1 Å². The van der Waals surface area contributed by atoms with Crippen molar-refractivity contribution in [1.29, 1.82) is 0 Å². The Morgan fingerprint density at radius 2 is 2.00 bits per heavy atom. The summed E-state index contributed by atoms with van der Waals surface area (Å²) in [5, 5.41) is 1.81. The zero-order chi connectivity index (χ0) is 12.8. The molecule has 0 spiro atoms. The van der Waals surface area contributed by atoms with Crippen molar-refractivity contribution >= 4 is 34.5 Å². The maximum atomic E-state index is 11.9. The molecule has 1 amide bonds. The van der Waals surface area contributed by atoms with Crippen LogP contribution in [0.1, 0.15) is 12.8 Å². The molecule has 0 aliphatic carbocycles. The average molecular weight is 353 g/mol. The van der Waals surface area contributed by atoms with Gasteiger partial charge < -0.3 is 10.1 Å². The predicted octanol–water partition coefficient (Wildman–Crippen LogP) is 1.42. The van der Waals surface area contributed by atoms with E-state index in [1.165, 1.54) is 7.11 Å². The molecule has 94 valence electrons. The SMILES string of the molecule is COC(=O)CC[C@@H](CI)NC(=O)C(F)(F)F. The quantitative estimate of drug-likeness (QED) is 0.462. The van der Waals surface area contributed by atoms with Gasteiger partial charge in [0.05, 0.1) is 7.11 Å². The minimum atomic E-state index is -4.89. The number of ether oxygens (including phenoxy) is 1. The van der Waals surface area contributed by atoms with E-state index in [2.05, 4.69) is 4.74 Å². The lowest BCUT2D eigenvalue weighted by Gasteiger charge is -2.16. The van der Waals surface area contributed by atoms with Crippen LogP contribution in [0.3, 0.4) is 0 Å². The Balaban J connectivity index is 4.11. The van der Waals surface area contributed by atoms with Crippen LogP contribution in [-0.2, 0) is 14.3 Å². The van der Waals surface area contributed by atoms with Gasteiger partial charge in [0, 0.05) is 16.9 Å². The molecule has 0 heterocycles. The fourth-order valence-electron chi connectivity index (χ4n) is 0.849. The highest BCUT2D eigenvalue weighted by atomic mass is 127. The van der Waals surface area contributed by atoms with Gasteiger partial charge in [0.25, 0.3) is 0 Å². The van der Waals surface area contributed by atoms with E-state index in [1.807, 2.05) is 22.6 Å². The van der Waals surface area contributed by atoms with Gasteiger partial charge >= 0.3 is 18.1 Å². The molecule has 1 atom stereocenters. The van der Waals surface area contributed by atoms with E-state index in [0.29, 0.717) is 0 Å². The van der Waals surface area contributed by atoms with Crippen molar-refractivity contribution in [3.63, 3.8) is 0 Å². The van der Waals surface area contributed by atoms with Gasteiger partial charge in [0.15, 0.2) is 0 Å². The molecule has 0 radical (unpaired) electrons. The van der Waals surface area contributed by atoms with Gasteiger partial charge in [-0.2, -0.15) is 13.2 Å². The summed E-state index contributed by atoms with van der Waals surface area (Å²) in [5.41, 5.74) is 0. The zero-order valence-electron chi connectivity index (χ0n) is 8.44. The summed E-state index contributed by atoms with van der Waals surface area (Å²) in [6.45, 7) is 0. The molecule has 0 aliphatic heterocycles. The number of carbonyl (C=O) groups is 2. The summed E-state index contributed by atoms with van der Waals surface area (Å²) >= 11 is 1.84. The zero-order valence-corrected chi connectivity index (χ0v) is 10.6. The molecular formula is C8H11F3INO3. The molecule has 0 aromatic heterocycles. The molecule has 0 aromatic carbocycles. The third kappa shape index (κ3) is 6.13. The lowest BCUT2D eigenvalue weighted by atomic mass is 10.2. The van der Waals surface area contributed by atoms with E-state index in [-0.39, 0.29) is 17.3 Å². The molecule has 0 saturated carbocycles. The largest absolute Gasteiger partial charge is 0.471 e. The normalized spacial score (nSPS) is 13.1. The second-order valence-corrected chi connectivity index (χ2v) is 3.82. The van der Waals surface area contributed by atoms with Crippen LogP contribution in [0.25, 0.3) is 0 Å². The minimum absolute atomic E-state index is 0.0255. The van der Waals surface area contributed by atoms with E-state index in [1.54, 1.807) is 5.32 Å². The fourth-order valence-corrected chi connectivity index (χ4v) is 1.51. The Bertz CT molecular complexity index is 257. The first-order valence-corrected chi connectivity index (χ1v) is 5.84. The summed E-state index contributed by atoms with van der Waals surface area (Å²) in [7, 11) is 1.19. The molecule has 0 fully saturated rings. The molecular weight excluding hydrogens is 342 g/mol. The lowest BCUT2D eigenvalue weighted by molar-refractivity contribution is -0.174. The summed E-state index contributed by atoms with van der Waals surface area (Å²) in [6.07, 6.45) is -4.80. The van der Waals surface area contributed by atoms with Crippen molar-refractivity contribution in [3.05, 3.63) is 0 Å². The Morgan fingerprint density at radius 1 is 1.44 bits per heavy atom. The van der Waals surface area contributed by atoms with E-state index >= 15 is 0 Å². The van der Waals surface area contributed by atoms with Crippen LogP contribution in [0.2, 0.25) is 0 Å². The second kappa shape index (κ2) is 6.92. The van der Waals surface area contributed by atoms with Gasteiger partial charge in [0.1, 0.15) is 0 Å². The van der Waals surface area contributed by atoms with Crippen LogP contribution in [0, 0.1) is 0 Å². The van der Waals surface area contributed by atoms with E-state index in [9.17, 15) is 22.8 Å². The molecule has 0 rings (SSSR count). The number of amides is 1. The molecule has 16 heavy (non-hydrogen) atoms. The Kier molecular flexibility index (Phi) is 6.68. The van der Waals surface area contributed by atoms with Crippen molar-refractivity contribution in [3.8, 4) is 0 Å². The first-order valence-electron chi connectivity index (χ1n) is 4.31. The van der Waals surface area contributed by atoms with Gasteiger partial charge in [-0.1, -0.05) is 22.6 Å². The van der Waals surface area contributed by atoms with Crippen molar-refractivity contribution in [2.24, 2.45) is 0 Å². The fraction of sp³-hybridized carbons (Fsp3) is 0.750. The molecule has 4 nitrogen and oxygen atoms in total. The minimum Gasteiger partial charge on any atom is -0.469 e. The van der Waals surface area contributed by atoms with Crippen LogP contribution in [0.4, 0.5) is 13.2 Å². The van der Waals surface area contributed by atoms with Gasteiger partial charge in [-0.25, -0.2) is 0 Å². The van der Waals surface area contributed by atoms with Gasteiger partial charge in [-0.15, -0.1) is 0 Å². The number of carbonyl (C=O) groups excluding carboxylic acids is 2. The number of methoxy groups -OCH3 is 1. The highest BCUT2D eigenvalue weighted by Crippen LogP contribution is 2.15. The molecule has 0 bridgehead atoms. The topological polar surface area (TPSA) is 55.4 Å². The smallest absolute Gasteiger partial charge is 0.469 e. The lowest BCUT2D eigenvalue weighted by Crippen LogP contribution is -2.44. The van der Waals surface area contributed by atoms with Gasteiger partial charge in [-0.05, 0) is 6.42 Å². The third-order valence-corrected chi connectivity index (χ3v) is 2.77. The number of nitrogens with one attached hydrogen (secondary N) is 1. The van der Waals surface area contributed by atoms with Gasteiger partial charge in [0.2, 0.25) is 0 Å². The first-order chi connectivity index (χ1) is 7.31. The predicted molar refractivity (Wildman–Crippen MR) is 58.1 cm³/mol. The van der Waals surface area contributed by atoms with E-state index < -0.39 is 24.1 Å². The molecule has 8 heteroatoms. The Hall–Kier alpha value is -0.540. The summed E-state index contributed by atoms with van der Waals surface area (Å²) in [5.74, 6) is -2.50. The summed E-state index contributed by atoms with van der Waals surface area (Å²) < 4.78 is 40.3. The Labute approximate surface area is 104 Å². The van der Waals surface area contributed by atoms with Crippen molar-refractivity contribution in [1.82, 2.24) is 5.32 Å². The second-order valence-electron chi connectivity index (χ2n) is 2.94. The van der Waals surface area contributed by atoms with Crippen molar-refractivity contribution < 1.29 is 27.5 Å². The number of esters is 1. The molecule has 0 aromatic rings. The Morgan fingerprint density at radius 3 is 2.38 bits per heavy atom. The molecule has 1 N–H and O–H groups in total. The van der Waals surface area contributed by atoms with Crippen LogP contribution in [0.15, 0.2) is 0 Å². The maximum Gasteiger partial charge on any atom is 0.471 e. The van der Waals surface area contributed by atoms with Crippen LogP contribution < -0.4 is 5.32 Å². The standard InChI is InChI=1S/C8H11F3INO3/c1-16-6(14)3-2-5(4-12)13-7(15)8(9,10)11/h5H,2-4H2,1H3,(H,13,15)/t5-/m0/s1. The first kappa shape index (κ1) is 15.5. The van der Waals surface area contributed by atoms with Crippen LogP contribution in [-0.4, -0.2) is 35.6 Å². The number of halogens is 4. The molecule has 0 saturated heterocycles. The van der Waals surface area contributed by atoms with Gasteiger partial charge in [-0.3, -0.25) is 9.59 Å². The summed E-state index contributed by atoms with van der Waals surface area (Å²) in [4.78, 5) is 21.3. The maximum absolute atomic E-state index is 11.9. The number of rotatable bonds is 5. The monoisotopic (exact) mass is 353 g/mol. The number of hydrogen-bond acceptors (Lipinski definition) is 3. The van der Waals surface area contributed by atoms with Crippen LogP contribution >= 0.6 is 22.6 Å².